The van der Waals surface area contributed by atoms with Crippen LogP contribution in [0.15, 0.2) is 65.6 Å². The minimum atomic E-state index is -4.27. The topological polar surface area (TPSA) is 133 Å². The molecule has 8 nitrogen and oxygen atoms in total. The number of hydrogen-bond acceptors (Lipinski definition) is 7. The summed E-state index contributed by atoms with van der Waals surface area (Å²) < 4.78 is 32.3. The molecule has 0 radical (unpaired) electrons. The Balaban J connectivity index is 0.000000425. The second kappa shape index (κ2) is 15.5. The van der Waals surface area contributed by atoms with Crippen LogP contribution in [0.25, 0.3) is 0 Å². The molecule has 3 rings (SSSR count). The standard InChI is InChI=1S/C24H40N5.C7H8O3S/c1-5-14-29(4,15-6-12-27-21-8-10-23(25)19(2)17-21)16-7-13-28-22-9-11-24(26)20(3)18-22;1-6-2-4-7(5-3-6)11(8,9)10/h8-11,17-18,27-28H,5-7,12-16,25-26H2,1-4H3;2-5H,1H3,(H,8,9,10)/q+1;/p-1. The van der Waals surface area contributed by atoms with Gasteiger partial charge in [0.05, 0.1) is 31.6 Å². The Morgan fingerprint density at radius 2 is 1.20 bits per heavy atom. The maximum absolute atomic E-state index is 10.4. The minimum absolute atomic E-state index is 0.178. The summed E-state index contributed by atoms with van der Waals surface area (Å²) in [5.74, 6) is 0. The fourth-order valence-electron chi connectivity index (χ4n) is 4.54. The summed E-state index contributed by atoms with van der Waals surface area (Å²) in [5.41, 5.74) is 19.0. The molecule has 0 saturated heterocycles. The van der Waals surface area contributed by atoms with E-state index in [1.807, 2.05) is 19.1 Å². The Hall–Kier alpha value is -3.27. The summed E-state index contributed by atoms with van der Waals surface area (Å²) in [4.78, 5) is -0.178. The number of aryl methyl sites for hydroxylation is 3. The first-order valence-electron chi connectivity index (χ1n) is 13.9. The lowest BCUT2D eigenvalue weighted by molar-refractivity contribution is -0.909. The fraction of sp³-hybridized carbons (Fsp3) is 0.419. The zero-order chi connectivity index (χ0) is 29.8. The highest BCUT2D eigenvalue weighted by atomic mass is 32.2. The summed E-state index contributed by atoms with van der Waals surface area (Å²) >= 11 is 0. The van der Waals surface area contributed by atoms with Crippen molar-refractivity contribution in [1.29, 1.82) is 0 Å². The van der Waals surface area contributed by atoms with E-state index in [2.05, 4.69) is 62.7 Å². The highest BCUT2D eigenvalue weighted by molar-refractivity contribution is 7.85. The predicted octanol–water partition coefficient (Wildman–Crippen LogP) is 5.53. The number of hydrogen-bond donors (Lipinski definition) is 4. The number of nitrogen functional groups attached to an aromatic ring is 2. The normalized spacial score (nSPS) is 11.4. The monoisotopic (exact) mass is 569 g/mol. The molecule has 0 heterocycles. The molecular weight excluding hydrogens is 522 g/mol. The first kappa shape index (κ1) is 32.9. The maximum atomic E-state index is 10.4. The van der Waals surface area contributed by atoms with Crippen molar-refractivity contribution in [3.8, 4) is 0 Å². The predicted molar refractivity (Wildman–Crippen MR) is 168 cm³/mol. The van der Waals surface area contributed by atoms with Crippen molar-refractivity contribution >= 4 is 32.9 Å². The Kier molecular flexibility index (Phi) is 12.8. The van der Waals surface area contributed by atoms with Crippen molar-refractivity contribution in [1.82, 2.24) is 0 Å². The van der Waals surface area contributed by atoms with E-state index in [1.165, 1.54) is 38.2 Å². The summed E-state index contributed by atoms with van der Waals surface area (Å²) in [6, 6.07) is 18.1. The second-order valence-corrected chi connectivity index (χ2v) is 12.1. The number of quaternary nitrogens is 1. The lowest BCUT2D eigenvalue weighted by atomic mass is 10.2. The molecule has 40 heavy (non-hydrogen) atoms. The van der Waals surface area contributed by atoms with E-state index >= 15 is 0 Å². The van der Waals surface area contributed by atoms with Crippen molar-refractivity contribution in [2.24, 2.45) is 0 Å². The van der Waals surface area contributed by atoms with Gasteiger partial charge in [-0.3, -0.25) is 0 Å². The minimum Gasteiger partial charge on any atom is -0.744 e. The molecule has 3 aromatic carbocycles. The molecule has 0 aromatic heterocycles. The Bertz CT molecular complexity index is 1250. The molecule has 0 aliphatic carbocycles. The molecule has 0 bridgehead atoms. The van der Waals surface area contributed by atoms with Crippen LogP contribution in [0.1, 0.15) is 42.9 Å². The van der Waals surface area contributed by atoms with Crippen molar-refractivity contribution in [3.05, 3.63) is 77.4 Å². The molecule has 0 aliphatic heterocycles. The molecule has 0 aliphatic rings. The average molecular weight is 570 g/mol. The maximum Gasteiger partial charge on any atom is 0.124 e. The van der Waals surface area contributed by atoms with Gasteiger partial charge in [0.1, 0.15) is 10.1 Å². The van der Waals surface area contributed by atoms with Crippen molar-refractivity contribution in [2.45, 2.75) is 51.9 Å². The zero-order valence-corrected chi connectivity index (χ0v) is 25.5. The number of rotatable bonds is 13. The van der Waals surface area contributed by atoms with Gasteiger partial charge >= 0.3 is 0 Å². The van der Waals surface area contributed by atoms with E-state index < -0.39 is 10.1 Å². The number of benzene rings is 3. The van der Waals surface area contributed by atoms with Crippen LogP contribution in [0.2, 0.25) is 0 Å². The van der Waals surface area contributed by atoms with Crippen molar-refractivity contribution < 1.29 is 17.5 Å². The third kappa shape index (κ3) is 11.5. The van der Waals surface area contributed by atoms with E-state index in [1.54, 1.807) is 12.1 Å². The molecule has 3 aromatic rings. The van der Waals surface area contributed by atoms with E-state index in [-0.39, 0.29) is 4.90 Å². The van der Waals surface area contributed by atoms with Crippen molar-refractivity contribution in [3.63, 3.8) is 0 Å². The SMILES string of the molecule is CCC[N+](C)(CCCNc1ccc(N)c(C)c1)CCCNc1ccc(N)c(C)c1.Cc1ccc(S(=O)(=O)[O-])cc1. The Morgan fingerprint density at radius 1 is 0.750 bits per heavy atom. The molecule has 0 unspecified atom stereocenters. The van der Waals surface area contributed by atoms with Gasteiger partial charge in [0, 0.05) is 48.7 Å². The van der Waals surface area contributed by atoms with Crippen LogP contribution < -0.4 is 22.1 Å². The van der Waals surface area contributed by atoms with Crippen LogP contribution in [0, 0.1) is 20.8 Å². The van der Waals surface area contributed by atoms with E-state index in [0.29, 0.717) is 0 Å². The molecule has 6 N–H and O–H groups in total. The van der Waals surface area contributed by atoms with Crippen LogP contribution in [0.4, 0.5) is 22.7 Å². The van der Waals surface area contributed by atoms with Gasteiger partial charge in [0.25, 0.3) is 0 Å². The van der Waals surface area contributed by atoms with E-state index in [9.17, 15) is 13.0 Å². The molecule has 220 valence electrons. The third-order valence-electron chi connectivity index (χ3n) is 7.02. The zero-order valence-electron chi connectivity index (χ0n) is 24.7. The van der Waals surface area contributed by atoms with E-state index in [4.69, 9.17) is 11.5 Å². The lowest BCUT2D eigenvalue weighted by Crippen LogP contribution is -2.47. The van der Waals surface area contributed by atoms with Gasteiger partial charge in [-0.2, -0.15) is 0 Å². The van der Waals surface area contributed by atoms with Crippen LogP contribution in [0.5, 0.6) is 0 Å². The first-order valence-corrected chi connectivity index (χ1v) is 15.3. The second-order valence-electron chi connectivity index (χ2n) is 10.8. The summed E-state index contributed by atoms with van der Waals surface area (Å²) in [6.45, 7) is 13.8. The van der Waals surface area contributed by atoms with Gasteiger partial charge in [-0.15, -0.1) is 0 Å². The molecular formula is C31H47N5O3S. The lowest BCUT2D eigenvalue weighted by Gasteiger charge is -2.34. The van der Waals surface area contributed by atoms with Gasteiger partial charge in [0.2, 0.25) is 0 Å². The molecule has 0 atom stereocenters. The highest BCUT2D eigenvalue weighted by Crippen LogP contribution is 2.18. The quantitative estimate of drug-likeness (QED) is 0.0921. The van der Waals surface area contributed by atoms with Gasteiger partial charge in [0.15, 0.2) is 0 Å². The van der Waals surface area contributed by atoms with E-state index in [0.717, 1.165) is 69.9 Å². The molecule has 9 heteroatoms. The number of nitrogens with one attached hydrogen (secondary N) is 2. The summed E-state index contributed by atoms with van der Waals surface area (Å²) in [5, 5.41) is 7.08. The van der Waals surface area contributed by atoms with Crippen molar-refractivity contribution in [2.75, 3.05) is 61.9 Å². The van der Waals surface area contributed by atoms with Crippen LogP contribution in [-0.4, -0.2) is 57.2 Å². The van der Waals surface area contributed by atoms with Gasteiger partial charge in [-0.1, -0.05) is 24.6 Å². The fourth-order valence-corrected chi connectivity index (χ4v) is 5.01. The highest BCUT2D eigenvalue weighted by Gasteiger charge is 2.19. The summed E-state index contributed by atoms with van der Waals surface area (Å²) in [7, 11) is -1.88. The van der Waals surface area contributed by atoms with Gasteiger partial charge in [-0.05, 0) is 86.8 Å². The molecule has 0 saturated carbocycles. The first-order chi connectivity index (χ1) is 18.8. The molecule has 0 amide bonds. The Labute approximate surface area is 241 Å². The number of anilines is 4. The Morgan fingerprint density at radius 3 is 1.57 bits per heavy atom. The number of nitrogens with zero attached hydrogens (tertiary/aromatic N) is 1. The van der Waals surface area contributed by atoms with Crippen LogP contribution in [0.3, 0.4) is 0 Å². The summed E-state index contributed by atoms with van der Waals surface area (Å²) in [6.07, 6.45) is 3.53. The molecule has 0 spiro atoms. The van der Waals surface area contributed by atoms with Gasteiger partial charge < -0.3 is 31.1 Å². The van der Waals surface area contributed by atoms with Crippen LogP contribution in [-0.2, 0) is 10.1 Å². The smallest absolute Gasteiger partial charge is 0.124 e. The largest absolute Gasteiger partial charge is 0.744 e. The number of nitrogens with two attached hydrogens (primary N) is 2. The molecule has 0 fully saturated rings. The van der Waals surface area contributed by atoms with Crippen LogP contribution >= 0.6 is 0 Å². The van der Waals surface area contributed by atoms with Gasteiger partial charge in [-0.25, -0.2) is 8.42 Å². The average Bonchev–Trinajstić information content (AvgIpc) is 2.89. The third-order valence-corrected chi connectivity index (χ3v) is 7.87.